The zero-order valence-electron chi connectivity index (χ0n) is 16.2. The Morgan fingerprint density at radius 2 is 2.00 bits per heavy atom. The van der Waals surface area contributed by atoms with Crippen molar-refractivity contribution in [1.82, 2.24) is 25.3 Å². The van der Waals surface area contributed by atoms with E-state index in [0.29, 0.717) is 17.0 Å². The summed E-state index contributed by atoms with van der Waals surface area (Å²) in [6.45, 7) is 1.88. The molecule has 8 nitrogen and oxygen atoms in total. The molecule has 1 saturated carbocycles. The molecule has 1 amide bonds. The number of aromatic nitrogens is 4. The van der Waals surface area contributed by atoms with E-state index < -0.39 is 0 Å². The highest BCUT2D eigenvalue weighted by Crippen LogP contribution is 2.23. The second kappa shape index (κ2) is 8.48. The van der Waals surface area contributed by atoms with Crippen LogP contribution in [0.5, 0.6) is 0 Å². The van der Waals surface area contributed by atoms with E-state index in [2.05, 4.69) is 30.6 Å². The minimum Gasteiger partial charge on any atom is -0.393 e. The summed E-state index contributed by atoms with van der Waals surface area (Å²) < 4.78 is 0. The summed E-state index contributed by atoms with van der Waals surface area (Å²) >= 11 is 0. The number of fused-ring (bicyclic) bond motifs is 1. The van der Waals surface area contributed by atoms with Gasteiger partial charge in [-0.3, -0.25) is 4.79 Å². The molecule has 3 aromatic rings. The predicted octanol–water partition coefficient (Wildman–Crippen LogP) is 2.63. The summed E-state index contributed by atoms with van der Waals surface area (Å²) in [4.78, 5) is 30.0. The maximum atomic E-state index is 12.9. The van der Waals surface area contributed by atoms with Crippen LogP contribution in [0.4, 0.5) is 5.95 Å². The standard InChI is InChI=1S/C21H24N6O2/c1-13(18-9-10-22-12-24-18)25-20(29)17-4-2-3-14-11-23-21(27-19(14)17)26-15-5-7-16(28)8-6-15/h2-4,9-13,15-16,28H,5-8H2,1H3,(H,25,29)(H,23,26,27). The first-order valence-electron chi connectivity index (χ1n) is 9.87. The largest absolute Gasteiger partial charge is 0.393 e. The summed E-state index contributed by atoms with van der Waals surface area (Å²) in [7, 11) is 0. The summed E-state index contributed by atoms with van der Waals surface area (Å²) in [6, 6.07) is 7.23. The summed E-state index contributed by atoms with van der Waals surface area (Å²) in [6.07, 6.45) is 7.94. The Kier molecular flexibility index (Phi) is 5.62. The van der Waals surface area contributed by atoms with Crippen molar-refractivity contribution in [3.05, 3.63) is 54.2 Å². The molecule has 0 bridgehead atoms. The predicted molar refractivity (Wildman–Crippen MR) is 109 cm³/mol. The van der Waals surface area contributed by atoms with E-state index in [1.807, 2.05) is 19.1 Å². The molecule has 3 N–H and O–H groups in total. The molecule has 1 fully saturated rings. The van der Waals surface area contributed by atoms with Crippen LogP contribution >= 0.6 is 0 Å². The van der Waals surface area contributed by atoms with E-state index in [4.69, 9.17) is 0 Å². The number of benzene rings is 1. The van der Waals surface area contributed by atoms with Crippen molar-refractivity contribution in [3.63, 3.8) is 0 Å². The molecule has 1 atom stereocenters. The highest BCUT2D eigenvalue weighted by molar-refractivity contribution is 6.05. The number of hydrogen-bond donors (Lipinski definition) is 3. The zero-order chi connectivity index (χ0) is 20.2. The van der Waals surface area contributed by atoms with Crippen LogP contribution in [0.15, 0.2) is 43.0 Å². The van der Waals surface area contributed by atoms with Crippen molar-refractivity contribution in [3.8, 4) is 0 Å². The van der Waals surface area contributed by atoms with Crippen LogP contribution in [0.25, 0.3) is 10.9 Å². The molecular formula is C21H24N6O2. The first-order valence-corrected chi connectivity index (χ1v) is 9.87. The fourth-order valence-corrected chi connectivity index (χ4v) is 3.62. The van der Waals surface area contributed by atoms with E-state index in [9.17, 15) is 9.90 Å². The number of para-hydroxylation sites is 1. The van der Waals surface area contributed by atoms with Crippen molar-refractivity contribution < 1.29 is 9.90 Å². The smallest absolute Gasteiger partial charge is 0.254 e. The van der Waals surface area contributed by atoms with Crippen molar-refractivity contribution in [2.45, 2.75) is 50.8 Å². The molecule has 1 aliphatic rings. The molecule has 0 spiro atoms. The molecule has 8 heteroatoms. The number of rotatable bonds is 5. The number of aliphatic hydroxyl groups excluding tert-OH is 1. The minimum atomic E-state index is -0.256. The molecule has 0 aliphatic heterocycles. The second-order valence-corrected chi connectivity index (χ2v) is 7.42. The monoisotopic (exact) mass is 392 g/mol. The average molecular weight is 392 g/mol. The number of nitrogens with one attached hydrogen (secondary N) is 2. The van der Waals surface area contributed by atoms with Gasteiger partial charge in [0.25, 0.3) is 5.91 Å². The van der Waals surface area contributed by atoms with Crippen LogP contribution in [0, 0.1) is 0 Å². The highest BCUT2D eigenvalue weighted by atomic mass is 16.3. The van der Waals surface area contributed by atoms with Crippen LogP contribution in [0.2, 0.25) is 0 Å². The van der Waals surface area contributed by atoms with Gasteiger partial charge in [-0.2, -0.15) is 0 Å². The molecule has 1 aromatic carbocycles. The van der Waals surface area contributed by atoms with Crippen LogP contribution in [-0.2, 0) is 0 Å². The van der Waals surface area contributed by atoms with Gasteiger partial charge in [-0.05, 0) is 44.7 Å². The summed E-state index contributed by atoms with van der Waals surface area (Å²) in [5, 5.41) is 16.8. The van der Waals surface area contributed by atoms with Gasteiger partial charge >= 0.3 is 0 Å². The van der Waals surface area contributed by atoms with Gasteiger partial charge in [0.2, 0.25) is 5.95 Å². The SMILES string of the molecule is CC(NC(=O)c1cccc2cnc(NC3CCC(O)CC3)nc12)c1ccncn1. The molecule has 0 saturated heterocycles. The topological polar surface area (TPSA) is 113 Å². The third-order valence-electron chi connectivity index (χ3n) is 5.28. The number of anilines is 1. The van der Waals surface area contributed by atoms with Gasteiger partial charge < -0.3 is 15.7 Å². The lowest BCUT2D eigenvalue weighted by atomic mass is 9.93. The second-order valence-electron chi connectivity index (χ2n) is 7.42. The number of nitrogens with zero attached hydrogens (tertiary/aromatic N) is 4. The van der Waals surface area contributed by atoms with Gasteiger partial charge in [-0.1, -0.05) is 12.1 Å². The Morgan fingerprint density at radius 3 is 2.76 bits per heavy atom. The summed E-state index contributed by atoms with van der Waals surface area (Å²) in [5.41, 5.74) is 1.84. The minimum absolute atomic E-state index is 0.210. The maximum absolute atomic E-state index is 12.9. The summed E-state index contributed by atoms with van der Waals surface area (Å²) in [5.74, 6) is 0.287. The molecule has 1 aliphatic carbocycles. The fourth-order valence-electron chi connectivity index (χ4n) is 3.62. The number of amides is 1. The first kappa shape index (κ1) is 19.2. The lowest BCUT2D eigenvalue weighted by Crippen LogP contribution is -2.29. The van der Waals surface area contributed by atoms with Gasteiger partial charge in [0.15, 0.2) is 0 Å². The van der Waals surface area contributed by atoms with Gasteiger partial charge in [0.1, 0.15) is 6.33 Å². The van der Waals surface area contributed by atoms with E-state index >= 15 is 0 Å². The molecule has 0 radical (unpaired) electrons. The third-order valence-corrected chi connectivity index (χ3v) is 5.28. The number of aliphatic hydroxyl groups is 1. The van der Waals surface area contributed by atoms with Gasteiger partial charge in [-0.25, -0.2) is 19.9 Å². The lowest BCUT2D eigenvalue weighted by Gasteiger charge is -2.26. The van der Waals surface area contributed by atoms with Crippen molar-refractivity contribution in [2.75, 3.05) is 5.32 Å². The van der Waals surface area contributed by atoms with Gasteiger partial charge in [0.05, 0.1) is 28.9 Å². The van der Waals surface area contributed by atoms with E-state index in [1.165, 1.54) is 6.33 Å². The fraction of sp³-hybridized carbons (Fsp3) is 0.381. The van der Waals surface area contributed by atoms with Gasteiger partial charge in [0, 0.05) is 23.8 Å². The number of carbonyl (C=O) groups is 1. The average Bonchev–Trinajstić information content (AvgIpc) is 2.75. The molecule has 150 valence electrons. The van der Waals surface area contributed by atoms with Crippen molar-refractivity contribution in [2.24, 2.45) is 0 Å². The van der Waals surface area contributed by atoms with E-state index in [-0.39, 0.29) is 24.1 Å². The third kappa shape index (κ3) is 4.48. The Labute approximate surface area is 168 Å². The molecule has 2 heterocycles. The molecule has 4 rings (SSSR count). The lowest BCUT2D eigenvalue weighted by molar-refractivity contribution is 0.0940. The molecule has 29 heavy (non-hydrogen) atoms. The normalized spacial score (nSPS) is 20.2. The van der Waals surface area contributed by atoms with Crippen LogP contribution in [0.3, 0.4) is 0 Å². The van der Waals surface area contributed by atoms with Crippen LogP contribution < -0.4 is 10.6 Å². The van der Waals surface area contributed by atoms with E-state index in [1.54, 1.807) is 24.5 Å². The Bertz CT molecular complexity index is 989. The molecular weight excluding hydrogens is 368 g/mol. The zero-order valence-corrected chi connectivity index (χ0v) is 16.2. The van der Waals surface area contributed by atoms with Gasteiger partial charge in [-0.15, -0.1) is 0 Å². The highest BCUT2D eigenvalue weighted by Gasteiger charge is 2.21. The Morgan fingerprint density at radius 1 is 1.17 bits per heavy atom. The van der Waals surface area contributed by atoms with Crippen LogP contribution in [0.1, 0.15) is 54.7 Å². The first-order chi connectivity index (χ1) is 14.1. The van der Waals surface area contributed by atoms with Crippen molar-refractivity contribution in [1.29, 1.82) is 0 Å². The Hall–Kier alpha value is -3.13. The Balaban J connectivity index is 1.55. The molecule has 1 unspecified atom stereocenters. The van der Waals surface area contributed by atoms with Crippen molar-refractivity contribution >= 4 is 22.8 Å². The number of carbonyl (C=O) groups excluding carboxylic acids is 1. The molecule has 2 aromatic heterocycles. The van der Waals surface area contributed by atoms with E-state index in [0.717, 1.165) is 36.8 Å². The number of hydrogen-bond acceptors (Lipinski definition) is 7. The van der Waals surface area contributed by atoms with Crippen LogP contribution in [-0.4, -0.2) is 43.1 Å². The maximum Gasteiger partial charge on any atom is 0.254 e. The quantitative estimate of drug-likeness (QED) is 0.612.